The van der Waals surface area contributed by atoms with Crippen molar-refractivity contribution in [1.82, 2.24) is 0 Å². The molecule has 0 amide bonds. The molecule has 0 unspecified atom stereocenters. The third-order valence-electron chi connectivity index (χ3n) is 1.85. The fourth-order valence-corrected chi connectivity index (χ4v) is 0.617. The first-order valence-corrected chi connectivity index (χ1v) is 4.07. The number of ketones is 1. The van der Waals surface area contributed by atoms with Crippen LogP contribution in [0.2, 0.25) is 0 Å². The lowest BCUT2D eigenvalue weighted by Gasteiger charge is -2.18. The molecule has 0 aliphatic rings. The molecule has 0 saturated carbocycles. The van der Waals surface area contributed by atoms with E-state index >= 15 is 0 Å². The Labute approximate surface area is 73.4 Å². The SMILES string of the molecule is CC(=O)C(C)(C)C/C=C(/C)Cl. The second-order valence-corrected chi connectivity index (χ2v) is 4.03. The number of hydrogen-bond donors (Lipinski definition) is 0. The Morgan fingerprint density at radius 2 is 1.91 bits per heavy atom. The normalized spacial score (nSPS) is 13.4. The summed E-state index contributed by atoms with van der Waals surface area (Å²) in [6, 6.07) is 0. The molecule has 64 valence electrons. The molecule has 0 aliphatic heterocycles. The number of hydrogen-bond acceptors (Lipinski definition) is 1. The number of rotatable bonds is 3. The molecule has 0 aromatic rings. The third-order valence-corrected chi connectivity index (χ3v) is 2.00. The molecule has 0 rings (SSSR count). The van der Waals surface area contributed by atoms with Gasteiger partial charge in [0.05, 0.1) is 0 Å². The Balaban J connectivity index is 4.14. The zero-order chi connectivity index (χ0) is 9.07. The Hall–Kier alpha value is -0.300. The number of halogens is 1. The molecule has 0 radical (unpaired) electrons. The van der Waals surface area contributed by atoms with Crippen molar-refractivity contribution < 1.29 is 4.79 Å². The van der Waals surface area contributed by atoms with Crippen LogP contribution >= 0.6 is 11.6 Å². The lowest BCUT2D eigenvalue weighted by molar-refractivity contribution is -0.124. The molecule has 0 saturated heterocycles. The molecule has 0 N–H and O–H groups in total. The van der Waals surface area contributed by atoms with E-state index in [1.165, 1.54) is 0 Å². The van der Waals surface area contributed by atoms with Crippen LogP contribution in [0.15, 0.2) is 11.1 Å². The standard InChI is InChI=1S/C9H15ClO/c1-7(10)5-6-9(3,4)8(2)11/h5H,6H2,1-4H3/b7-5-. The minimum Gasteiger partial charge on any atom is -0.299 e. The highest BCUT2D eigenvalue weighted by Crippen LogP contribution is 2.23. The highest BCUT2D eigenvalue weighted by molar-refractivity contribution is 6.29. The number of allylic oxidation sites excluding steroid dienone is 2. The van der Waals surface area contributed by atoms with Gasteiger partial charge >= 0.3 is 0 Å². The van der Waals surface area contributed by atoms with Gasteiger partial charge in [0.2, 0.25) is 0 Å². The Morgan fingerprint density at radius 1 is 1.45 bits per heavy atom. The first-order chi connectivity index (χ1) is 4.86. The average Bonchev–Trinajstić information content (AvgIpc) is 1.84. The van der Waals surface area contributed by atoms with Crippen LogP contribution in [-0.2, 0) is 4.79 Å². The van der Waals surface area contributed by atoms with E-state index in [-0.39, 0.29) is 11.2 Å². The van der Waals surface area contributed by atoms with Crippen LogP contribution in [0.1, 0.15) is 34.1 Å². The van der Waals surface area contributed by atoms with Crippen LogP contribution < -0.4 is 0 Å². The Kier molecular flexibility index (Phi) is 3.81. The lowest BCUT2D eigenvalue weighted by atomic mass is 9.85. The van der Waals surface area contributed by atoms with Gasteiger partial charge < -0.3 is 0 Å². The fraction of sp³-hybridized carbons (Fsp3) is 0.667. The van der Waals surface area contributed by atoms with E-state index in [1.54, 1.807) is 6.92 Å². The predicted octanol–water partition coefficient (Wildman–Crippen LogP) is 3.13. The molecule has 0 spiro atoms. The molecule has 0 bridgehead atoms. The van der Waals surface area contributed by atoms with E-state index < -0.39 is 0 Å². The van der Waals surface area contributed by atoms with E-state index in [4.69, 9.17) is 11.6 Å². The summed E-state index contributed by atoms with van der Waals surface area (Å²) in [5.41, 5.74) is -0.268. The van der Waals surface area contributed by atoms with Crippen molar-refractivity contribution in [2.75, 3.05) is 0 Å². The van der Waals surface area contributed by atoms with Gasteiger partial charge in [0.1, 0.15) is 5.78 Å². The predicted molar refractivity (Wildman–Crippen MR) is 48.7 cm³/mol. The van der Waals surface area contributed by atoms with Crippen LogP contribution in [0.5, 0.6) is 0 Å². The summed E-state index contributed by atoms with van der Waals surface area (Å²) in [5, 5.41) is 0.749. The van der Waals surface area contributed by atoms with Gasteiger partial charge in [-0.1, -0.05) is 31.5 Å². The molecule has 0 aromatic carbocycles. The first-order valence-electron chi connectivity index (χ1n) is 3.69. The minimum absolute atomic E-state index is 0.201. The van der Waals surface area contributed by atoms with E-state index in [2.05, 4.69) is 0 Å². The quantitative estimate of drug-likeness (QED) is 0.643. The molecule has 0 aromatic heterocycles. The van der Waals surface area contributed by atoms with Crippen molar-refractivity contribution in [3.63, 3.8) is 0 Å². The smallest absolute Gasteiger partial charge is 0.135 e. The van der Waals surface area contributed by atoms with E-state index in [1.807, 2.05) is 26.8 Å². The zero-order valence-electron chi connectivity index (χ0n) is 7.57. The molecule has 2 heteroatoms. The zero-order valence-corrected chi connectivity index (χ0v) is 8.33. The molecular weight excluding hydrogens is 160 g/mol. The number of carbonyl (C=O) groups excluding carboxylic acids is 1. The van der Waals surface area contributed by atoms with Gasteiger partial charge in [0.15, 0.2) is 0 Å². The Bertz CT molecular complexity index is 176. The fourth-order valence-electron chi connectivity index (χ4n) is 0.540. The summed E-state index contributed by atoms with van der Waals surface area (Å²) >= 11 is 5.64. The summed E-state index contributed by atoms with van der Waals surface area (Å²) in [6.07, 6.45) is 2.60. The average molecular weight is 175 g/mol. The van der Waals surface area contributed by atoms with Crippen molar-refractivity contribution in [2.24, 2.45) is 5.41 Å². The van der Waals surface area contributed by atoms with Gasteiger partial charge in [0.25, 0.3) is 0 Å². The minimum atomic E-state index is -0.268. The number of Topliss-reactive ketones (excluding diaryl/α,β-unsaturated/α-hetero) is 1. The van der Waals surface area contributed by atoms with Gasteiger partial charge in [-0.2, -0.15) is 0 Å². The van der Waals surface area contributed by atoms with Crippen molar-refractivity contribution >= 4 is 17.4 Å². The molecule has 0 heterocycles. The van der Waals surface area contributed by atoms with Gasteiger partial charge in [0, 0.05) is 10.4 Å². The van der Waals surface area contributed by atoms with Crippen LogP contribution in [0, 0.1) is 5.41 Å². The van der Waals surface area contributed by atoms with Crippen molar-refractivity contribution in [3.8, 4) is 0 Å². The van der Waals surface area contributed by atoms with Crippen LogP contribution in [-0.4, -0.2) is 5.78 Å². The highest BCUT2D eigenvalue weighted by atomic mass is 35.5. The summed E-state index contributed by atoms with van der Waals surface area (Å²) in [7, 11) is 0. The van der Waals surface area contributed by atoms with Gasteiger partial charge in [-0.3, -0.25) is 4.79 Å². The van der Waals surface area contributed by atoms with E-state index in [0.717, 1.165) is 11.5 Å². The number of carbonyl (C=O) groups is 1. The second kappa shape index (κ2) is 3.91. The summed E-state index contributed by atoms with van der Waals surface area (Å²) in [5.74, 6) is 0.201. The maximum Gasteiger partial charge on any atom is 0.135 e. The second-order valence-electron chi connectivity index (χ2n) is 3.44. The molecular formula is C9H15ClO. The molecule has 0 fully saturated rings. The van der Waals surface area contributed by atoms with Crippen LogP contribution in [0.3, 0.4) is 0 Å². The van der Waals surface area contributed by atoms with E-state index in [0.29, 0.717) is 0 Å². The highest BCUT2D eigenvalue weighted by Gasteiger charge is 2.21. The van der Waals surface area contributed by atoms with Crippen molar-refractivity contribution in [1.29, 1.82) is 0 Å². The van der Waals surface area contributed by atoms with Crippen molar-refractivity contribution in [3.05, 3.63) is 11.1 Å². The van der Waals surface area contributed by atoms with Crippen LogP contribution in [0.4, 0.5) is 0 Å². The maximum atomic E-state index is 11.0. The lowest BCUT2D eigenvalue weighted by Crippen LogP contribution is -2.20. The van der Waals surface area contributed by atoms with Gasteiger partial charge in [-0.25, -0.2) is 0 Å². The van der Waals surface area contributed by atoms with Crippen molar-refractivity contribution in [2.45, 2.75) is 34.1 Å². The maximum absolute atomic E-state index is 11.0. The van der Waals surface area contributed by atoms with E-state index in [9.17, 15) is 4.79 Å². The van der Waals surface area contributed by atoms with Crippen LogP contribution in [0.25, 0.3) is 0 Å². The molecule has 0 atom stereocenters. The largest absolute Gasteiger partial charge is 0.299 e. The topological polar surface area (TPSA) is 17.1 Å². The monoisotopic (exact) mass is 174 g/mol. The molecule has 11 heavy (non-hydrogen) atoms. The molecule has 1 nitrogen and oxygen atoms in total. The summed E-state index contributed by atoms with van der Waals surface area (Å²) in [6.45, 7) is 7.27. The van der Waals surface area contributed by atoms with Gasteiger partial charge in [-0.05, 0) is 20.3 Å². The third kappa shape index (κ3) is 4.20. The molecule has 0 aliphatic carbocycles. The summed E-state index contributed by atoms with van der Waals surface area (Å²) in [4.78, 5) is 11.0. The first kappa shape index (κ1) is 10.7. The summed E-state index contributed by atoms with van der Waals surface area (Å²) < 4.78 is 0. The Morgan fingerprint density at radius 3 is 2.18 bits per heavy atom. The van der Waals surface area contributed by atoms with Gasteiger partial charge in [-0.15, -0.1) is 0 Å².